The molecule has 0 rings (SSSR count). The molecule has 24 heavy (non-hydrogen) atoms. The normalized spacial score (nSPS) is 11.5. The summed E-state index contributed by atoms with van der Waals surface area (Å²) in [6.45, 7) is 7.10. The van der Waals surface area contributed by atoms with Crippen LogP contribution in [0.15, 0.2) is 36.5 Å². The highest BCUT2D eigenvalue weighted by molar-refractivity contribution is 5.87. The van der Waals surface area contributed by atoms with Gasteiger partial charge in [-0.05, 0) is 31.6 Å². The fourth-order valence-corrected chi connectivity index (χ4v) is 1.92. The van der Waals surface area contributed by atoms with E-state index in [2.05, 4.69) is 56.2 Å². The molecule has 0 bridgehead atoms. The molecule has 2 heteroatoms. The molecule has 0 saturated heterocycles. The van der Waals surface area contributed by atoms with Crippen molar-refractivity contribution in [2.24, 2.45) is 5.92 Å². The maximum Gasteiger partial charge on any atom is 0.243 e. The van der Waals surface area contributed by atoms with Crippen LogP contribution < -0.4 is 5.32 Å². The topological polar surface area (TPSA) is 29.1 Å². The summed E-state index contributed by atoms with van der Waals surface area (Å²) in [6.07, 6.45) is 20.7. The van der Waals surface area contributed by atoms with Crippen LogP contribution in [0.3, 0.4) is 0 Å². The van der Waals surface area contributed by atoms with E-state index in [1.54, 1.807) is 12.2 Å². The second-order valence-electron chi connectivity index (χ2n) is 6.34. The summed E-state index contributed by atoms with van der Waals surface area (Å²) >= 11 is 0. The first kappa shape index (κ1) is 22.2. The van der Waals surface area contributed by atoms with Crippen LogP contribution in [0.1, 0.15) is 72.1 Å². The molecule has 0 aromatic carbocycles. The first-order valence-electron chi connectivity index (χ1n) is 9.38. The monoisotopic (exact) mass is 329 g/mol. The molecule has 0 unspecified atom stereocenters. The van der Waals surface area contributed by atoms with E-state index < -0.39 is 0 Å². The molecule has 0 aliphatic rings. The van der Waals surface area contributed by atoms with Crippen LogP contribution in [-0.4, -0.2) is 12.5 Å². The minimum atomic E-state index is -0.0212. The Morgan fingerprint density at radius 3 is 2.54 bits per heavy atom. The summed E-state index contributed by atoms with van der Waals surface area (Å²) in [5, 5.41) is 2.85. The van der Waals surface area contributed by atoms with Gasteiger partial charge in [0.1, 0.15) is 0 Å². The van der Waals surface area contributed by atoms with Gasteiger partial charge in [0.15, 0.2) is 0 Å². The van der Waals surface area contributed by atoms with Gasteiger partial charge in [-0.1, -0.05) is 69.9 Å². The molecule has 0 saturated carbocycles. The van der Waals surface area contributed by atoms with Gasteiger partial charge in [-0.2, -0.15) is 0 Å². The first-order valence-corrected chi connectivity index (χ1v) is 9.38. The molecule has 0 aliphatic carbocycles. The molecule has 1 N–H and O–H groups in total. The standard InChI is InChI=1S/C22H35NO/c1-4-5-6-7-8-9-10-11-12-13-14-15-16-17-18-19-22(24)23-20-21(2)3/h11-12,16-19,21H,4-7,10,13-15,20H2,1-3H3,(H,23,24). The van der Waals surface area contributed by atoms with Crippen molar-refractivity contribution in [2.45, 2.75) is 72.1 Å². The highest BCUT2D eigenvalue weighted by Gasteiger charge is 1.95. The average Bonchev–Trinajstić information content (AvgIpc) is 2.56. The third-order valence-corrected chi connectivity index (χ3v) is 3.34. The number of carbonyl (C=O) groups is 1. The summed E-state index contributed by atoms with van der Waals surface area (Å²) in [5.41, 5.74) is 0. The zero-order chi connectivity index (χ0) is 17.9. The zero-order valence-electron chi connectivity index (χ0n) is 15.8. The van der Waals surface area contributed by atoms with Crippen molar-refractivity contribution in [3.63, 3.8) is 0 Å². The van der Waals surface area contributed by atoms with E-state index in [-0.39, 0.29) is 5.91 Å². The lowest BCUT2D eigenvalue weighted by molar-refractivity contribution is -0.116. The van der Waals surface area contributed by atoms with Crippen molar-refractivity contribution >= 4 is 5.91 Å². The van der Waals surface area contributed by atoms with Crippen LogP contribution in [0.2, 0.25) is 0 Å². The Kier molecular flexibility index (Phi) is 16.3. The third kappa shape index (κ3) is 18.3. The number of nitrogens with one attached hydrogen (secondary N) is 1. The van der Waals surface area contributed by atoms with Crippen molar-refractivity contribution < 1.29 is 4.79 Å². The molecule has 1 amide bonds. The molecule has 0 aromatic rings. The maximum atomic E-state index is 11.4. The Balaban J connectivity index is 3.54. The number of amides is 1. The molecular formula is C22H35NO. The Hall–Kier alpha value is -1.75. The number of rotatable bonds is 12. The second kappa shape index (κ2) is 17.6. The molecule has 2 nitrogen and oxygen atoms in total. The molecule has 0 fully saturated rings. The summed E-state index contributed by atoms with van der Waals surface area (Å²) < 4.78 is 0. The second-order valence-corrected chi connectivity index (χ2v) is 6.34. The van der Waals surface area contributed by atoms with Crippen molar-refractivity contribution in [1.29, 1.82) is 0 Å². The van der Waals surface area contributed by atoms with Gasteiger partial charge < -0.3 is 5.32 Å². The van der Waals surface area contributed by atoms with Gasteiger partial charge in [0.2, 0.25) is 5.91 Å². The number of allylic oxidation sites excluding steroid dienone is 5. The zero-order valence-corrected chi connectivity index (χ0v) is 15.8. The van der Waals surface area contributed by atoms with E-state index >= 15 is 0 Å². The van der Waals surface area contributed by atoms with E-state index in [1.807, 2.05) is 6.08 Å². The Bertz CT molecular complexity index is 446. The highest BCUT2D eigenvalue weighted by Crippen LogP contribution is 2.00. The van der Waals surface area contributed by atoms with Crippen LogP contribution in [0, 0.1) is 17.8 Å². The minimum Gasteiger partial charge on any atom is -0.352 e. The molecular weight excluding hydrogens is 294 g/mol. The largest absolute Gasteiger partial charge is 0.352 e. The number of hydrogen-bond donors (Lipinski definition) is 1. The van der Waals surface area contributed by atoms with Crippen LogP contribution in [0.25, 0.3) is 0 Å². The maximum absolute atomic E-state index is 11.4. The Morgan fingerprint density at radius 1 is 1.00 bits per heavy atom. The molecule has 0 radical (unpaired) electrons. The SMILES string of the molecule is CCCCCC#CCC=CCCCC=CC=CC(=O)NCC(C)C. The van der Waals surface area contributed by atoms with Gasteiger partial charge in [-0.25, -0.2) is 0 Å². The third-order valence-electron chi connectivity index (χ3n) is 3.34. The Morgan fingerprint density at radius 2 is 1.79 bits per heavy atom. The summed E-state index contributed by atoms with van der Waals surface area (Å²) in [4.78, 5) is 11.4. The van der Waals surface area contributed by atoms with Crippen molar-refractivity contribution in [3.8, 4) is 11.8 Å². The number of hydrogen-bond acceptors (Lipinski definition) is 1. The lowest BCUT2D eigenvalue weighted by Gasteiger charge is -2.03. The predicted octanol–water partition coefficient (Wildman–Crippen LogP) is 5.57. The molecule has 0 heterocycles. The molecule has 134 valence electrons. The van der Waals surface area contributed by atoms with E-state index in [1.165, 1.54) is 19.3 Å². The lowest BCUT2D eigenvalue weighted by Crippen LogP contribution is -2.25. The average molecular weight is 330 g/mol. The smallest absolute Gasteiger partial charge is 0.243 e. The summed E-state index contributed by atoms with van der Waals surface area (Å²) in [7, 11) is 0. The molecule has 0 aromatic heterocycles. The fraction of sp³-hybridized carbons (Fsp3) is 0.591. The van der Waals surface area contributed by atoms with Crippen molar-refractivity contribution in [1.82, 2.24) is 5.32 Å². The fourth-order valence-electron chi connectivity index (χ4n) is 1.92. The Labute approximate surface area is 149 Å². The minimum absolute atomic E-state index is 0.0212. The number of unbranched alkanes of at least 4 members (excludes halogenated alkanes) is 5. The van der Waals surface area contributed by atoms with Crippen LogP contribution in [0.5, 0.6) is 0 Å². The molecule has 0 aliphatic heterocycles. The molecule has 0 atom stereocenters. The quantitative estimate of drug-likeness (QED) is 0.164. The van der Waals surface area contributed by atoms with Crippen molar-refractivity contribution in [2.75, 3.05) is 6.54 Å². The number of carbonyl (C=O) groups excluding carboxylic acids is 1. The summed E-state index contributed by atoms with van der Waals surface area (Å²) in [5.74, 6) is 6.87. The lowest BCUT2D eigenvalue weighted by atomic mass is 10.2. The van der Waals surface area contributed by atoms with Crippen molar-refractivity contribution in [3.05, 3.63) is 36.5 Å². The van der Waals surface area contributed by atoms with Crippen LogP contribution in [0.4, 0.5) is 0 Å². The van der Waals surface area contributed by atoms with Gasteiger partial charge in [-0.3, -0.25) is 4.79 Å². The van der Waals surface area contributed by atoms with Gasteiger partial charge in [0, 0.05) is 25.5 Å². The summed E-state index contributed by atoms with van der Waals surface area (Å²) in [6, 6.07) is 0. The van der Waals surface area contributed by atoms with Gasteiger partial charge in [0.25, 0.3) is 0 Å². The van der Waals surface area contributed by atoms with Gasteiger partial charge in [0.05, 0.1) is 0 Å². The molecule has 0 spiro atoms. The van der Waals surface area contributed by atoms with Crippen LogP contribution in [-0.2, 0) is 4.79 Å². The first-order chi connectivity index (χ1) is 11.7. The van der Waals surface area contributed by atoms with Crippen LogP contribution >= 0.6 is 0 Å². The van der Waals surface area contributed by atoms with Gasteiger partial charge in [-0.15, -0.1) is 5.92 Å². The van der Waals surface area contributed by atoms with E-state index in [9.17, 15) is 4.79 Å². The predicted molar refractivity (Wildman–Crippen MR) is 106 cm³/mol. The van der Waals surface area contributed by atoms with E-state index in [0.717, 1.165) is 38.6 Å². The van der Waals surface area contributed by atoms with Gasteiger partial charge >= 0.3 is 0 Å². The highest BCUT2D eigenvalue weighted by atomic mass is 16.1. The van der Waals surface area contributed by atoms with E-state index in [0.29, 0.717) is 5.92 Å². The van der Waals surface area contributed by atoms with E-state index in [4.69, 9.17) is 0 Å².